The molecular weight excluding hydrogens is 532 g/mol. The molecule has 1 fully saturated rings. The molecule has 10 heteroatoms. The Morgan fingerprint density at radius 2 is 1.54 bits per heavy atom. The molecule has 1 amide bonds. The zero-order chi connectivity index (χ0) is 24.6. The number of aromatic amines is 1. The van der Waals surface area contributed by atoms with E-state index in [0.29, 0.717) is 24.3 Å². The predicted molar refractivity (Wildman–Crippen MR) is 137 cm³/mol. The molecule has 0 saturated carbocycles. The van der Waals surface area contributed by atoms with Crippen LogP contribution in [-0.2, 0) is 10.0 Å². The topological polar surface area (TPSA) is 103 Å². The van der Waals surface area contributed by atoms with E-state index in [1.165, 1.54) is 10.4 Å². The second-order valence-corrected chi connectivity index (χ2v) is 11.1. The lowest BCUT2D eigenvalue weighted by Gasteiger charge is -2.34. The predicted octanol–water partition coefficient (Wildman–Crippen LogP) is 3.50. The molecule has 35 heavy (non-hydrogen) atoms. The Labute approximate surface area is 210 Å². The zero-order valence-corrected chi connectivity index (χ0v) is 20.9. The van der Waals surface area contributed by atoms with E-state index in [1.807, 2.05) is 18.2 Å². The lowest BCUT2D eigenvalue weighted by atomic mass is 10.1. The van der Waals surface area contributed by atoms with Crippen LogP contribution in [0.2, 0.25) is 0 Å². The average molecular weight is 553 g/mol. The average Bonchev–Trinajstić information content (AvgIpc) is 2.88. The van der Waals surface area contributed by atoms with Crippen LogP contribution in [0.25, 0.3) is 22.0 Å². The minimum Gasteiger partial charge on any atom is -0.336 e. The Morgan fingerprint density at radius 3 is 2.23 bits per heavy atom. The number of nitrogens with zero attached hydrogens (tertiary/aromatic N) is 3. The minimum absolute atomic E-state index is 0.153. The number of halogens is 1. The van der Waals surface area contributed by atoms with E-state index in [4.69, 9.17) is 0 Å². The van der Waals surface area contributed by atoms with Crippen molar-refractivity contribution in [3.63, 3.8) is 0 Å². The molecule has 0 radical (unpaired) electrons. The number of aromatic nitrogens is 2. The lowest BCUT2D eigenvalue weighted by molar-refractivity contribution is 0.0698. The van der Waals surface area contributed by atoms with E-state index in [9.17, 15) is 18.0 Å². The lowest BCUT2D eigenvalue weighted by Crippen LogP contribution is -2.50. The van der Waals surface area contributed by atoms with Crippen molar-refractivity contribution in [3.8, 4) is 11.3 Å². The first-order valence-electron chi connectivity index (χ1n) is 11.0. The van der Waals surface area contributed by atoms with Crippen LogP contribution in [-0.4, -0.2) is 59.9 Å². The molecule has 1 aliphatic rings. The zero-order valence-electron chi connectivity index (χ0n) is 18.5. The van der Waals surface area contributed by atoms with Crippen LogP contribution in [0.1, 0.15) is 10.4 Å². The molecule has 0 aliphatic carbocycles. The van der Waals surface area contributed by atoms with E-state index in [1.54, 1.807) is 53.4 Å². The fourth-order valence-electron chi connectivity index (χ4n) is 4.11. The molecule has 0 bridgehead atoms. The van der Waals surface area contributed by atoms with Gasteiger partial charge in [0, 0.05) is 47.8 Å². The third-order valence-electron chi connectivity index (χ3n) is 6.04. The van der Waals surface area contributed by atoms with Gasteiger partial charge in [0.1, 0.15) is 0 Å². The third-order valence-corrected chi connectivity index (χ3v) is 8.43. The van der Waals surface area contributed by atoms with Gasteiger partial charge in [-0.3, -0.25) is 9.59 Å². The van der Waals surface area contributed by atoms with Crippen molar-refractivity contribution < 1.29 is 13.2 Å². The first-order valence-corrected chi connectivity index (χ1v) is 13.2. The summed E-state index contributed by atoms with van der Waals surface area (Å²) in [6.45, 7) is 1.07. The van der Waals surface area contributed by atoms with Crippen molar-refractivity contribution in [2.24, 2.45) is 0 Å². The Bertz CT molecular complexity index is 1560. The first kappa shape index (κ1) is 23.4. The van der Waals surface area contributed by atoms with Crippen molar-refractivity contribution in [2.45, 2.75) is 4.90 Å². The van der Waals surface area contributed by atoms with Gasteiger partial charge < -0.3 is 4.90 Å². The highest BCUT2D eigenvalue weighted by Gasteiger charge is 2.30. The van der Waals surface area contributed by atoms with Crippen molar-refractivity contribution >= 4 is 42.6 Å². The summed E-state index contributed by atoms with van der Waals surface area (Å²) in [5.41, 5.74) is 1.60. The molecule has 1 N–H and O–H groups in total. The summed E-state index contributed by atoms with van der Waals surface area (Å²) >= 11 is 3.43. The van der Waals surface area contributed by atoms with E-state index in [0.717, 1.165) is 20.8 Å². The van der Waals surface area contributed by atoms with Crippen LogP contribution >= 0.6 is 15.9 Å². The summed E-state index contributed by atoms with van der Waals surface area (Å²) in [6, 6.07) is 20.8. The van der Waals surface area contributed by atoms with Crippen LogP contribution in [0.15, 0.2) is 87.0 Å². The number of benzene rings is 3. The van der Waals surface area contributed by atoms with Gasteiger partial charge in [-0.25, -0.2) is 13.5 Å². The van der Waals surface area contributed by atoms with E-state index in [2.05, 4.69) is 26.1 Å². The van der Waals surface area contributed by atoms with Gasteiger partial charge in [0.25, 0.3) is 11.5 Å². The maximum Gasteiger partial charge on any atom is 0.264 e. The van der Waals surface area contributed by atoms with Crippen molar-refractivity contribution in [1.29, 1.82) is 0 Å². The summed E-state index contributed by atoms with van der Waals surface area (Å²) in [5.74, 6) is -0.153. The van der Waals surface area contributed by atoms with E-state index < -0.39 is 10.0 Å². The number of nitrogens with one attached hydrogen (secondary N) is 1. The number of fused-ring (bicyclic) bond motifs is 1. The summed E-state index contributed by atoms with van der Waals surface area (Å²) in [6.07, 6.45) is 0. The van der Waals surface area contributed by atoms with Crippen molar-refractivity contribution in [2.75, 3.05) is 26.2 Å². The quantitative estimate of drug-likeness (QED) is 0.417. The van der Waals surface area contributed by atoms with Gasteiger partial charge in [0.15, 0.2) is 0 Å². The largest absolute Gasteiger partial charge is 0.336 e. The summed E-state index contributed by atoms with van der Waals surface area (Å²) < 4.78 is 28.8. The van der Waals surface area contributed by atoms with Gasteiger partial charge in [-0.2, -0.15) is 9.40 Å². The van der Waals surface area contributed by atoms with E-state index >= 15 is 0 Å². The van der Waals surface area contributed by atoms with Crippen LogP contribution in [0.4, 0.5) is 0 Å². The van der Waals surface area contributed by atoms with Gasteiger partial charge >= 0.3 is 0 Å². The smallest absolute Gasteiger partial charge is 0.264 e. The summed E-state index contributed by atoms with van der Waals surface area (Å²) in [7, 11) is -3.67. The van der Waals surface area contributed by atoms with Gasteiger partial charge in [0.05, 0.1) is 10.6 Å². The van der Waals surface area contributed by atoms with Gasteiger partial charge in [-0.15, -0.1) is 0 Å². The van der Waals surface area contributed by atoms with Crippen molar-refractivity contribution in [3.05, 3.63) is 93.2 Å². The number of hydrogen-bond acceptors (Lipinski definition) is 5. The molecular formula is C25H21BrN4O4S. The van der Waals surface area contributed by atoms with Gasteiger partial charge in [-0.05, 0) is 53.2 Å². The van der Waals surface area contributed by atoms with Gasteiger partial charge in [0.2, 0.25) is 10.0 Å². The molecule has 1 saturated heterocycles. The second kappa shape index (κ2) is 9.37. The summed E-state index contributed by atoms with van der Waals surface area (Å²) in [4.78, 5) is 26.1. The number of carbonyl (C=O) groups is 1. The molecule has 1 aliphatic heterocycles. The number of hydrogen-bond donors (Lipinski definition) is 1. The Kier molecular flexibility index (Phi) is 6.26. The number of amides is 1. The SMILES string of the molecule is O=C(c1ccc(-c2ccc(=O)[nH]n2)cc1)N1CCN(S(=O)(=O)c2ccc3cc(Br)ccc3c2)CC1. The Morgan fingerprint density at radius 1 is 0.857 bits per heavy atom. The molecule has 0 spiro atoms. The molecule has 8 nitrogen and oxygen atoms in total. The summed E-state index contributed by atoms with van der Waals surface area (Å²) in [5, 5.41) is 8.19. The maximum atomic E-state index is 13.2. The molecule has 0 unspecified atom stereocenters. The molecule has 178 valence electrons. The molecule has 4 aromatic rings. The fourth-order valence-corrected chi connectivity index (χ4v) is 5.94. The number of sulfonamides is 1. The molecule has 2 heterocycles. The van der Waals surface area contributed by atoms with E-state index in [-0.39, 0.29) is 29.5 Å². The number of piperazine rings is 1. The van der Waals surface area contributed by atoms with Crippen LogP contribution < -0.4 is 5.56 Å². The Hall–Kier alpha value is -3.34. The molecule has 3 aromatic carbocycles. The number of H-pyrrole nitrogens is 1. The highest BCUT2D eigenvalue weighted by molar-refractivity contribution is 9.10. The van der Waals surface area contributed by atoms with Crippen LogP contribution in [0, 0.1) is 0 Å². The van der Waals surface area contributed by atoms with Crippen LogP contribution in [0.5, 0.6) is 0 Å². The molecule has 5 rings (SSSR count). The minimum atomic E-state index is -3.67. The standard InChI is InChI=1S/C25H21BrN4O4S/c26-21-7-5-20-16-22(8-6-19(20)15-21)35(33,34)30-13-11-29(12-14-30)25(32)18-3-1-17(2-4-18)23-9-10-24(31)28-27-23/h1-10,15-16H,11-14H2,(H,28,31). The molecule has 0 atom stereocenters. The number of carbonyl (C=O) groups excluding carboxylic acids is 1. The highest BCUT2D eigenvalue weighted by Crippen LogP contribution is 2.25. The van der Waals surface area contributed by atoms with Gasteiger partial charge in [-0.1, -0.05) is 40.2 Å². The highest BCUT2D eigenvalue weighted by atomic mass is 79.9. The van der Waals surface area contributed by atoms with Crippen LogP contribution in [0.3, 0.4) is 0 Å². The first-order chi connectivity index (χ1) is 16.8. The normalized spacial score (nSPS) is 14.8. The van der Waals surface area contributed by atoms with Crippen molar-refractivity contribution in [1.82, 2.24) is 19.4 Å². The fraction of sp³-hybridized carbons (Fsp3) is 0.160. The molecule has 1 aromatic heterocycles. The monoisotopic (exact) mass is 552 g/mol. The second-order valence-electron chi connectivity index (χ2n) is 8.23. The number of rotatable bonds is 4. The Balaban J connectivity index is 1.26. The third kappa shape index (κ3) is 4.77. The maximum absolute atomic E-state index is 13.2.